The molecule has 0 saturated carbocycles. The number of hydrogen-bond acceptors (Lipinski definition) is 5. The molecule has 0 atom stereocenters. The van der Waals surface area contributed by atoms with Gasteiger partial charge in [0.15, 0.2) is 0 Å². The van der Waals surface area contributed by atoms with Crippen LogP contribution in [-0.2, 0) is 0 Å². The molecule has 0 radical (unpaired) electrons. The maximum absolute atomic E-state index is 14.2. The normalized spacial score (nSPS) is 15.1. The van der Waals surface area contributed by atoms with Gasteiger partial charge in [-0.2, -0.15) is 9.78 Å². The average Bonchev–Trinajstić information content (AvgIpc) is 3.15. The number of aromatic hydroxyl groups is 1. The summed E-state index contributed by atoms with van der Waals surface area (Å²) >= 11 is 0. The number of phenolic OH excluding ortho intramolecular Hbond substituents is 1. The van der Waals surface area contributed by atoms with E-state index in [1.165, 1.54) is 45.8 Å². The molecular weight excluding hydrogens is 425 g/mol. The zero-order valence-electron chi connectivity index (χ0n) is 18.4. The quantitative estimate of drug-likeness (QED) is 0.508. The van der Waals surface area contributed by atoms with Gasteiger partial charge < -0.3 is 10.0 Å². The minimum Gasteiger partial charge on any atom is -0.508 e. The first-order chi connectivity index (χ1) is 15.8. The van der Waals surface area contributed by atoms with E-state index in [-0.39, 0.29) is 17.3 Å². The minimum absolute atomic E-state index is 0.0661. The van der Waals surface area contributed by atoms with Crippen LogP contribution in [0.25, 0.3) is 27.8 Å². The molecule has 1 saturated heterocycles. The van der Waals surface area contributed by atoms with E-state index >= 15 is 0 Å². The van der Waals surface area contributed by atoms with Crippen molar-refractivity contribution in [2.24, 2.45) is 0 Å². The van der Waals surface area contributed by atoms with E-state index in [4.69, 9.17) is 0 Å². The highest BCUT2D eigenvalue weighted by molar-refractivity contribution is 5.99. The maximum Gasteiger partial charge on any atom is 0.328 e. The standard InChI is InChI=1S/C24H24FN5O3/c1-15(2)27-9-11-28(12-10-27)24(33)29-14-20-22(19-13-16(25)3-8-21(19)29)26-30(23(20)32)17-4-6-18(31)7-5-17/h3-8,13-15,31H,9-12H2,1-2H3. The number of halogens is 1. The molecule has 9 heteroatoms. The third kappa shape index (κ3) is 3.64. The van der Waals surface area contributed by atoms with Gasteiger partial charge in [-0.3, -0.25) is 14.3 Å². The molecular formula is C24H24FN5O3. The molecule has 0 aromatic heterocycles. The number of hydrogen-bond donors (Lipinski definition) is 1. The summed E-state index contributed by atoms with van der Waals surface area (Å²) in [6.07, 6.45) is 1.50. The molecule has 2 aromatic carbocycles. The highest BCUT2D eigenvalue weighted by Gasteiger charge is 2.27. The lowest BCUT2D eigenvalue weighted by Crippen LogP contribution is -2.51. The van der Waals surface area contributed by atoms with Crippen molar-refractivity contribution < 1.29 is 14.3 Å². The Morgan fingerprint density at radius 3 is 2.42 bits per heavy atom. The van der Waals surface area contributed by atoms with Crippen LogP contribution in [0.3, 0.4) is 0 Å². The molecule has 3 aliphatic heterocycles. The Morgan fingerprint density at radius 1 is 1.06 bits per heavy atom. The van der Waals surface area contributed by atoms with Gasteiger partial charge >= 0.3 is 6.03 Å². The lowest BCUT2D eigenvalue weighted by molar-refractivity contribution is 0.120. The van der Waals surface area contributed by atoms with Gasteiger partial charge in [0.2, 0.25) is 0 Å². The van der Waals surface area contributed by atoms with Gasteiger partial charge in [0.25, 0.3) is 5.56 Å². The number of pyridine rings is 1. The fourth-order valence-electron chi connectivity index (χ4n) is 4.35. The lowest BCUT2D eigenvalue weighted by Gasteiger charge is -2.37. The van der Waals surface area contributed by atoms with Crippen LogP contribution in [0.2, 0.25) is 0 Å². The summed E-state index contributed by atoms with van der Waals surface area (Å²) in [5.41, 5.74) is 1.05. The zero-order chi connectivity index (χ0) is 23.3. The summed E-state index contributed by atoms with van der Waals surface area (Å²) in [5, 5.41) is 14.4. The molecule has 170 valence electrons. The topological polar surface area (TPSA) is 83.6 Å². The van der Waals surface area contributed by atoms with E-state index in [1.807, 2.05) is 0 Å². The summed E-state index contributed by atoms with van der Waals surface area (Å²) < 4.78 is 16.8. The largest absolute Gasteiger partial charge is 0.508 e. The van der Waals surface area contributed by atoms with Crippen molar-refractivity contribution in [3.05, 3.63) is 64.8 Å². The molecule has 0 unspecified atom stereocenters. The van der Waals surface area contributed by atoms with Gasteiger partial charge in [-0.05, 0) is 56.3 Å². The van der Waals surface area contributed by atoms with Crippen LogP contribution in [0, 0.1) is 5.82 Å². The summed E-state index contributed by atoms with van der Waals surface area (Å²) in [4.78, 5) is 30.7. The molecule has 0 spiro atoms. The first-order valence-corrected chi connectivity index (χ1v) is 10.9. The van der Waals surface area contributed by atoms with Crippen molar-refractivity contribution in [1.29, 1.82) is 0 Å². The summed E-state index contributed by atoms with van der Waals surface area (Å²) in [7, 11) is 0. The Labute approximate surface area is 189 Å². The zero-order valence-corrected chi connectivity index (χ0v) is 18.4. The second kappa shape index (κ2) is 8.00. The Hall–Kier alpha value is -3.72. The molecule has 33 heavy (non-hydrogen) atoms. The van der Waals surface area contributed by atoms with E-state index in [0.29, 0.717) is 41.4 Å². The van der Waals surface area contributed by atoms with Gasteiger partial charge in [-0.15, -0.1) is 0 Å². The number of rotatable bonds is 2. The maximum atomic E-state index is 14.2. The average molecular weight is 449 g/mol. The lowest BCUT2D eigenvalue weighted by atomic mass is 10.1. The van der Waals surface area contributed by atoms with E-state index in [9.17, 15) is 19.1 Å². The van der Waals surface area contributed by atoms with Gasteiger partial charge in [0.05, 0.1) is 16.8 Å². The van der Waals surface area contributed by atoms with Crippen molar-refractivity contribution in [2.75, 3.05) is 26.2 Å². The number of phenols is 1. The number of carbonyl (C=O) groups excluding carboxylic acids is 1. The second-order valence-electron chi connectivity index (χ2n) is 8.56. The predicted molar refractivity (Wildman–Crippen MR) is 123 cm³/mol. The second-order valence-corrected chi connectivity index (χ2v) is 8.56. The highest BCUT2D eigenvalue weighted by Crippen LogP contribution is 2.29. The van der Waals surface area contributed by atoms with Crippen LogP contribution >= 0.6 is 0 Å². The number of amides is 1. The molecule has 1 fully saturated rings. The van der Waals surface area contributed by atoms with Crippen molar-refractivity contribution in [1.82, 2.24) is 24.1 Å². The smallest absolute Gasteiger partial charge is 0.328 e. The molecule has 0 aliphatic carbocycles. The molecule has 5 rings (SSSR count). The summed E-state index contributed by atoms with van der Waals surface area (Å²) in [5.74, 6) is -0.414. The van der Waals surface area contributed by atoms with Crippen LogP contribution in [0.15, 0.2) is 53.5 Å². The molecule has 8 nitrogen and oxygen atoms in total. The first kappa shape index (κ1) is 21.1. The number of piperazine rings is 1. The predicted octanol–water partition coefficient (Wildman–Crippen LogP) is 3.13. The minimum atomic E-state index is -0.480. The van der Waals surface area contributed by atoms with Crippen LogP contribution in [-0.4, -0.2) is 67.5 Å². The molecule has 2 aromatic rings. The molecule has 3 heterocycles. The summed E-state index contributed by atoms with van der Waals surface area (Å²) in [6.45, 7) is 6.94. The van der Waals surface area contributed by atoms with Gasteiger partial charge in [0, 0.05) is 43.8 Å². The van der Waals surface area contributed by atoms with Gasteiger partial charge in [0.1, 0.15) is 17.3 Å². The number of fused-ring (bicyclic) bond motifs is 3. The molecule has 1 amide bonds. The monoisotopic (exact) mass is 449 g/mol. The first-order valence-electron chi connectivity index (χ1n) is 10.9. The number of carbonyl (C=O) groups is 1. The van der Waals surface area contributed by atoms with Crippen molar-refractivity contribution in [3.63, 3.8) is 0 Å². The van der Waals surface area contributed by atoms with Crippen molar-refractivity contribution in [3.8, 4) is 22.7 Å². The molecule has 1 N–H and O–H groups in total. The number of nitrogens with zero attached hydrogens (tertiary/aromatic N) is 5. The van der Waals surface area contributed by atoms with Crippen LogP contribution in [0.1, 0.15) is 13.8 Å². The summed E-state index contributed by atoms with van der Waals surface area (Å²) in [6, 6.07) is 10.3. The van der Waals surface area contributed by atoms with Crippen molar-refractivity contribution in [2.45, 2.75) is 19.9 Å². The van der Waals surface area contributed by atoms with Crippen LogP contribution in [0.5, 0.6) is 5.75 Å². The van der Waals surface area contributed by atoms with Crippen LogP contribution < -0.4 is 5.56 Å². The molecule has 0 bridgehead atoms. The number of benzene rings is 2. The molecule has 3 aliphatic rings. The fourth-order valence-corrected chi connectivity index (χ4v) is 4.35. The van der Waals surface area contributed by atoms with Gasteiger partial charge in [-0.1, -0.05) is 0 Å². The van der Waals surface area contributed by atoms with E-state index in [1.54, 1.807) is 17.0 Å². The van der Waals surface area contributed by atoms with Gasteiger partial charge in [-0.25, -0.2) is 9.18 Å². The fraction of sp³-hybridized carbons (Fsp3) is 0.292. The van der Waals surface area contributed by atoms with Crippen molar-refractivity contribution >= 4 is 16.9 Å². The van der Waals surface area contributed by atoms with E-state index < -0.39 is 11.4 Å². The Kier molecular flexibility index (Phi) is 5.13. The third-order valence-corrected chi connectivity index (χ3v) is 6.22. The Bertz CT molecular complexity index is 1370. The highest BCUT2D eigenvalue weighted by atomic mass is 19.1. The SMILES string of the molecule is CC(C)N1CCN(C(=O)n2cc3c(=O)n(-c4ccc(O)cc4)nc-3c3cc(F)ccc32)CC1. The van der Waals surface area contributed by atoms with Crippen LogP contribution in [0.4, 0.5) is 9.18 Å². The van der Waals surface area contributed by atoms with E-state index in [0.717, 1.165) is 13.1 Å². The number of aromatic nitrogens is 3. The van der Waals surface area contributed by atoms with E-state index in [2.05, 4.69) is 23.8 Å². The third-order valence-electron chi connectivity index (χ3n) is 6.22. The Morgan fingerprint density at radius 2 is 1.76 bits per heavy atom. The Balaban J connectivity index is 1.64.